The minimum atomic E-state index is -0.654. The number of carbonyl (C=O) groups excluding carboxylic acids is 1. The van der Waals surface area contributed by atoms with Gasteiger partial charge in [-0.25, -0.2) is 14.4 Å². The fourth-order valence-electron chi connectivity index (χ4n) is 2.45. The molecule has 0 radical (unpaired) electrons. The van der Waals surface area contributed by atoms with Crippen LogP contribution in [0.4, 0.5) is 16.0 Å². The quantitative estimate of drug-likeness (QED) is 0.669. The van der Waals surface area contributed by atoms with Crippen LogP contribution >= 0.6 is 0 Å². The number of benzene rings is 2. The lowest BCUT2D eigenvalue weighted by atomic mass is 10.0. The molecular weight excluding hydrogens is 335 g/mol. The van der Waals surface area contributed by atoms with E-state index in [0.29, 0.717) is 22.4 Å². The molecule has 0 spiro atoms. The maximum atomic E-state index is 14.0. The van der Waals surface area contributed by atoms with Gasteiger partial charge in [-0.2, -0.15) is 0 Å². The highest BCUT2D eigenvalue weighted by Crippen LogP contribution is 2.22. The molecule has 3 rings (SSSR count). The molecule has 1 amide bonds. The summed E-state index contributed by atoms with van der Waals surface area (Å²) in [6.45, 7) is 1.63. The van der Waals surface area contributed by atoms with Gasteiger partial charge in [0.25, 0.3) is 5.91 Å². The van der Waals surface area contributed by atoms with Gasteiger partial charge in [0.05, 0.1) is 6.10 Å². The first-order valence-electron chi connectivity index (χ1n) is 7.90. The van der Waals surface area contributed by atoms with Gasteiger partial charge in [0.1, 0.15) is 5.82 Å². The van der Waals surface area contributed by atoms with Crippen LogP contribution in [0.2, 0.25) is 0 Å². The van der Waals surface area contributed by atoms with E-state index in [4.69, 9.17) is 5.73 Å². The first-order chi connectivity index (χ1) is 12.4. The van der Waals surface area contributed by atoms with Gasteiger partial charge in [-0.1, -0.05) is 12.1 Å². The van der Waals surface area contributed by atoms with Crippen molar-refractivity contribution in [3.8, 4) is 11.1 Å². The van der Waals surface area contributed by atoms with Crippen LogP contribution in [0.25, 0.3) is 11.1 Å². The highest BCUT2D eigenvalue weighted by atomic mass is 19.1. The first-order valence-corrected chi connectivity index (χ1v) is 7.90. The predicted octanol–water partition coefficient (Wildman–Crippen LogP) is 3.17. The zero-order valence-electron chi connectivity index (χ0n) is 14.0. The molecule has 1 aromatic heterocycles. The summed E-state index contributed by atoms with van der Waals surface area (Å²) in [5, 5.41) is 12.3. The lowest BCUT2D eigenvalue weighted by Crippen LogP contribution is -2.12. The number of aliphatic hydroxyl groups excluding tert-OH is 1. The van der Waals surface area contributed by atoms with Crippen LogP contribution in [-0.4, -0.2) is 21.0 Å². The third-order valence-electron chi connectivity index (χ3n) is 3.79. The number of anilines is 2. The van der Waals surface area contributed by atoms with Crippen LogP contribution in [0.3, 0.4) is 0 Å². The van der Waals surface area contributed by atoms with Gasteiger partial charge in [0, 0.05) is 29.2 Å². The first kappa shape index (κ1) is 17.5. The van der Waals surface area contributed by atoms with Gasteiger partial charge in [-0.05, 0) is 48.4 Å². The second kappa shape index (κ2) is 7.28. The molecule has 1 heterocycles. The van der Waals surface area contributed by atoms with Gasteiger partial charge in [0.15, 0.2) is 0 Å². The Labute approximate surface area is 149 Å². The Hall–Kier alpha value is -3.32. The SMILES string of the molecule is CC(O)c1cccc(NC(=O)c2cc(F)cc(-c3cnc(N)nc3)c2)c1. The lowest BCUT2D eigenvalue weighted by Gasteiger charge is -2.10. The number of rotatable bonds is 4. The molecule has 0 fully saturated rings. The second-order valence-corrected chi connectivity index (χ2v) is 5.81. The molecule has 26 heavy (non-hydrogen) atoms. The van der Waals surface area contributed by atoms with Gasteiger partial charge in [0.2, 0.25) is 5.95 Å². The number of carbonyl (C=O) groups is 1. The zero-order valence-corrected chi connectivity index (χ0v) is 14.0. The Morgan fingerprint density at radius 3 is 2.58 bits per heavy atom. The molecule has 1 atom stereocenters. The van der Waals surface area contributed by atoms with Crippen molar-refractivity contribution in [1.29, 1.82) is 0 Å². The molecule has 0 aliphatic carbocycles. The molecule has 0 aliphatic rings. The van der Waals surface area contributed by atoms with Crippen molar-refractivity contribution in [1.82, 2.24) is 9.97 Å². The number of aromatic nitrogens is 2. The Balaban J connectivity index is 1.88. The molecule has 1 unspecified atom stereocenters. The Bertz CT molecular complexity index is 943. The summed E-state index contributed by atoms with van der Waals surface area (Å²) in [5.41, 5.74) is 7.79. The van der Waals surface area contributed by atoms with Crippen molar-refractivity contribution in [3.05, 3.63) is 71.8 Å². The van der Waals surface area contributed by atoms with Crippen molar-refractivity contribution in [2.45, 2.75) is 13.0 Å². The minimum Gasteiger partial charge on any atom is -0.389 e. The monoisotopic (exact) mass is 352 g/mol. The minimum absolute atomic E-state index is 0.112. The molecule has 7 heteroatoms. The summed E-state index contributed by atoms with van der Waals surface area (Å²) in [6.07, 6.45) is 2.27. The molecule has 132 valence electrons. The lowest BCUT2D eigenvalue weighted by molar-refractivity contribution is 0.102. The van der Waals surface area contributed by atoms with Crippen molar-refractivity contribution < 1.29 is 14.3 Å². The van der Waals surface area contributed by atoms with E-state index >= 15 is 0 Å². The van der Waals surface area contributed by atoms with Gasteiger partial charge in [-0.15, -0.1) is 0 Å². The average Bonchev–Trinajstić information content (AvgIpc) is 2.62. The number of halogens is 1. The molecule has 6 nitrogen and oxygen atoms in total. The topological polar surface area (TPSA) is 101 Å². The van der Waals surface area contributed by atoms with Gasteiger partial charge < -0.3 is 16.2 Å². The Kier molecular flexibility index (Phi) is 4.90. The molecular formula is C19H17FN4O2. The molecule has 2 aromatic carbocycles. The third kappa shape index (κ3) is 4.01. The molecule has 0 saturated carbocycles. The maximum absolute atomic E-state index is 14.0. The third-order valence-corrected chi connectivity index (χ3v) is 3.79. The standard InChI is InChI=1S/C19H17FN4O2/c1-11(25)12-3-2-4-17(8-12)24-18(26)14-5-13(6-16(20)7-14)15-9-22-19(21)23-10-15/h2-11,25H,1H3,(H,24,26)(H2,21,22,23). The second-order valence-electron chi connectivity index (χ2n) is 5.81. The molecule has 4 N–H and O–H groups in total. The zero-order chi connectivity index (χ0) is 18.7. The highest BCUT2D eigenvalue weighted by Gasteiger charge is 2.12. The van der Waals surface area contributed by atoms with E-state index in [9.17, 15) is 14.3 Å². The van der Waals surface area contributed by atoms with E-state index in [1.807, 2.05) is 0 Å². The smallest absolute Gasteiger partial charge is 0.255 e. The fourth-order valence-corrected chi connectivity index (χ4v) is 2.45. The van der Waals surface area contributed by atoms with E-state index in [2.05, 4.69) is 15.3 Å². The summed E-state index contributed by atoms with van der Waals surface area (Å²) in [6, 6.07) is 10.8. The van der Waals surface area contributed by atoms with Crippen LogP contribution in [0, 0.1) is 5.82 Å². The van der Waals surface area contributed by atoms with Crippen molar-refractivity contribution in [2.75, 3.05) is 11.1 Å². The van der Waals surface area contributed by atoms with Gasteiger partial charge >= 0.3 is 0 Å². The van der Waals surface area contributed by atoms with Crippen LogP contribution in [0.5, 0.6) is 0 Å². The summed E-state index contributed by atoms with van der Waals surface area (Å²) in [4.78, 5) is 20.2. The largest absolute Gasteiger partial charge is 0.389 e. The molecule has 3 aromatic rings. The number of nitrogens with one attached hydrogen (secondary N) is 1. The van der Waals surface area contributed by atoms with E-state index in [1.54, 1.807) is 37.3 Å². The maximum Gasteiger partial charge on any atom is 0.255 e. The molecule has 0 bridgehead atoms. The number of nitrogen functional groups attached to an aromatic ring is 1. The normalized spacial score (nSPS) is 11.8. The molecule has 0 saturated heterocycles. The summed E-state index contributed by atoms with van der Waals surface area (Å²) < 4.78 is 14.0. The van der Waals surface area contributed by atoms with Crippen molar-refractivity contribution in [2.24, 2.45) is 0 Å². The number of nitrogens with two attached hydrogens (primary N) is 1. The van der Waals surface area contributed by atoms with Gasteiger partial charge in [-0.3, -0.25) is 4.79 Å². The van der Waals surface area contributed by atoms with Crippen LogP contribution in [0.15, 0.2) is 54.9 Å². The van der Waals surface area contributed by atoms with Crippen molar-refractivity contribution >= 4 is 17.5 Å². The van der Waals surface area contributed by atoms with E-state index in [-0.39, 0.29) is 11.5 Å². The predicted molar refractivity (Wildman–Crippen MR) is 96.9 cm³/mol. The Morgan fingerprint density at radius 1 is 1.15 bits per heavy atom. The van der Waals surface area contributed by atoms with Crippen LogP contribution in [0.1, 0.15) is 28.9 Å². The Morgan fingerprint density at radius 2 is 1.88 bits per heavy atom. The van der Waals surface area contributed by atoms with E-state index in [0.717, 1.165) is 6.07 Å². The number of aliphatic hydroxyl groups is 1. The summed E-state index contributed by atoms with van der Waals surface area (Å²) in [7, 11) is 0. The van der Waals surface area contributed by atoms with E-state index < -0.39 is 17.8 Å². The van der Waals surface area contributed by atoms with E-state index in [1.165, 1.54) is 18.5 Å². The average molecular weight is 352 g/mol. The highest BCUT2D eigenvalue weighted by molar-refractivity contribution is 6.05. The summed E-state index contributed by atoms with van der Waals surface area (Å²) in [5.74, 6) is -0.909. The fraction of sp³-hybridized carbons (Fsp3) is 0.105. The summed E-state index contributed by atoms with van der Waals surface area (Å²) >= 11 is 0. The van der Waals surface area contributed by atoms with Crippen LogP contribution < -0.4 is 11.1 Å². The molecule has 0 aliphatic heterocycles. The van der Waals surface area contributed by atoms with Crippen LogP contribution in [-0.2, 0) is 0 Å². The van der Waals surface area contributed by atoms with Crippen molar-refractivity contribution in [3.63, 3.8) is 0 Å². The number of hydrogen-bond acceptors (Lipinski definition) is 5. The number of hydrogen-bond donors (Lipinski definition) is 3. The number of nitrogens with zero attached hydrogens (tertiary/aromatic N) is 2. The number of amides is 1.